The van der Waals surface area contributed by atoms with Gasteiger partial charge >= 0.3 is 0 Å². The minimum absolute atomic E-state index is 0.698. The zero-order valence-corrected chi connectivity index (χ0v) is 29.5. The number of hydrogen-bond acceptors (Lipinski definition) is 2. The predicted octanol–water partition coefficient (Wildman–Crippen LogP) is 13.9. The predicted molar refractivity (Wildman–Crippen MR) is 227 cm³/mol. The van der Waals surface area contributed by atoms with Crippen LogP contribution in [-0.4, -0.2) is 9.97 Å². The highest BCUT2D eigenvalue weighted by molar-refractivity contribution is 6.01. The molecule has 0 bridgehead atoms. The molecule has 0 saturated carbocycles. The highest BCUT2D eigenvalue weighted by Gasteiger charge is 2.15. The second-order valence-electron chi connectivity index (χ2n) is 13.8. The van der Waals surface area contributed by atoms with Crippen molar-refractivity contribution in [3.8, 4) is 67.3 Å². The number of nitrogens with zero attached hydrogens (tertiary/aromatic N) is 2. The summed E-state index contributed by atoms with van der Waals surface area (Å²) in [6.45, 7) is 0. The van der Waals surface area contributed by atoms with Crippen molar-refractivity contribution < 1.29 is 0 Å². The van der Waals surface area contributed by atoms with Crippen molar-refractivity contribution in [2.45, 2.75) is 0 Å². The molecule has 1 aromatic heterocycles. The Labute approximate surface area is 314 Å². The Balaban J connectivity index is 1.13. The highest BCUT2D eigenvalue weighted by Crippen LogP contribution is 2.37. The lowest BCUT2D eigenvalue weighted by Gasteiger charge is -2.13. The number of rotatable bonds is 6. The molecule has 0 unspecified atom stereocenters. The van der Waals surface area contributed by atoms with Gasteiger partial charge in [0.15, 0.2) is 5.82 Å². The molecule has 0 atom stereocenters. The smallest absolute Gasteiger partial charge is 0.160 e. The fourth-order valence-corrected chi connectivity index (χ4v) is 7.69. The third-order valence-corrected chi connectivity index (χ3v) is 10.5. The monoisotopic (exact) mass is 686 g/mol. The van der Waals surface area contributed by atoms with Crippen LogP contribution in [0.1, 0.15) is 0 Å². The minimum Gasteiger partial charge on any atom is -0.228 e. The first-order chi connectivity index (χ1) is 26.7. The van der Waals surface area contributed by atoms with Gasteiger partial charge in [0.1, 0.15) is 0 Å². The molecule has 10 rings (SSSR count). The van der Waals surface area contributed by atoms with Gasteiger partial charge in [0, 0.05) is 16.7 Å². The largest absolute Gasteiger partial charge is 0.228 e. The molecular weight excluding hydrogens is 653 g/mol. The van der Waals surface area contributed by atoms with Gasteiger partial charge in [-0.3, -0.25) is 0 Å². The summed E-state index contributed by atoms with van der Waals surface area (Å²) in [5.74, 6) is 0.698. The summed E-state index contributed by atoms with van der Waals surface area (Å²) in [6.07, 6.45) is 0. The van der Waals surface area contributed by atoms with Crippen molar-refractivity contribution >= 4 is 32.3 Å². The zero-order valence-electron chi connectivity index (χ0n) is 29.5. The zero-order chi connectivity index (χ0) is 35.8. The van der Waals surface area contributed by atoms with E-state index in [1.807, 2.05) is 0 Å². The fourth-order valence-electron chi connectivity index (χ4n) is 7.69. The fraction of sp³-hybridized carbons (Fsp3) is 0. The molecule has 0 amide bonds. The van der Waals surface area contributed by atoms with Crippen molar-refractivity contribution in [3.05, 3.63) is 206 Å². The van der Waals surface area contributed by atoms with E-state index in [-0.39, 0.29) is 0 Å². The van der Waals surface area contributed by atoms with Crippen LogP contribution in [0.25, 0.3) is 99.6 Å². The van der Waals surface area contributed by atoms with Crippen LogP contribution >= 0.6 is 0 Å². The van der Waals surface area contributed by atoms with Crippen molar-refractivity contribution in [2.75, 3.05) is 0 Å². The van der Waals surface area contributed by atoms with E-state index < -0.39 is 0 Å². The van der Waals surface area contributed by atoms with Gasteiger partial charge in [-0.2, -0.15) is 0 Å². The molecule has 0 spiro atoms. The number of hydrogen-bond donors (Lipinski definition) is 0. The van der Waals surface area contributed by atoms with Crippen LogP contribution in [-0.2, 0) is 0 Å². The van der Waals surface area contributed by atoms with Gasteiger partial charge in [-0.05, 0) is 96.0 Å². The van der Waals surface area contributed by atoms with Crippen molar-refractivity contribution in [3.63, 3.8) is 0 Å². The molecule has 0 aliphatic rings. The Hall–Kier alpha value is -7.16. The molecule has 1 heterocycles. The third kappa shape index (κ3) is 5.90. The van der Waals surface area contributed by atoms with Crippen LogP contribution in [0, 0.1) is 0 Å². The van der Waals surface area contributed by atoms with Crippen LogP contribution in [0.4, 0.5) is 0 Å². The van der Waals surface area contributed by atoms with Gasteiger partial charge in [-0.25, -0.2) is 9.97 Å². The molecule has 0 saturated heterocycles. The molecule has 2 nitrogen and oxygen atoms in total. The Kier molecular flexibility index (Phi) is 7.85. The first kappa shape index (κ1) is 31.6. The summed E-state index contributed by atoms with van der Waals surface area (Å²) in [5, 5.41) is 7.17. The van der Waals surface area contributed by atoms with E-state index in [2.05, 4.69) is 206 Å². The Morgan fingerprint density at radius 2 is 0.759 bits per heavy atom. The first-order valence-electron chi connectivity index (χ1n) is 18.4. The van der Waals surface area contributed by atoms with E-state index in [4.69, 9.17) is 9.97 Å². The summed E-state index contributed by atoms with van der Waals surface area (Å²) in [6, 6.07) is 73.5. The van der Waals surface area contributed by atoms with Gasteiger partial charge < -0.3 is 0 Å². The molecule has 2 heteroatoms. The molecule has 0 fully saturated rings. The van der Waals surface area contributed by atoms with E-state index in [1.54, 1.807) is 0 Å². The molecule has 10 aromatic rings. The maximum absolute atomic E-state index is 5.33. The maximum Gasteiger partial charge on any atom is 0.160 e. The molecular formula is C52H34N2. The number of fused-ring (bicyclic) bond motifs is 3. The third-order valence-electron chi connectivity index (χ3n) is 10.5. The minimum atomic E-state index is 0.698. The lowest BCUT2D eigenvalue weighted by molar-refractivity contribution is 1.19. The van der Waals surface area contributed by atoms with Crippen molar-refractivity contribution in [1.82, 2.24) is 9.97 Å². The van der Waals surface area contributed by atoms with Gasteiger partial charge in [0.25, 0.3) is 0 Å². The maximum atomic E-state index is 5.33. The lowest BCUT2D eigenvalue weighted by Crippen LogP contribution is -1.97. The van der Waals surface area contributed by atoms with E-state index in [1.165, 1.54) is 49.4 Å². The summed E-state index contributed by atoms with van der Waals surface area (Å²) in [4.78, 5) is 10.6. The van der Waals surface area contributed by atoms with Gasteiger partial charge in [0.2, 0.25) is 0 Å². The van der Waals surface area contributed by atoms with Gasteiger partial charge in [-0.1, -0.05) is 176 Å². The second-order valence-corrected chi connectivity index (χ2v) is 13.8. The van der Waals surface area contributed by atoms with Crippen molar-refractivity contribution in [1.29, 1.82) is 0 Å². The van der Waals surface area contributed by atoms with Crippen LogP contribution < -0.4 is 0 Å². The van der Waals surface area contributed by atoms with E-state index in [0.717, 1.165) is 44.4 Å². The summed E-state index contributed by atoms with van der Waals surface area (Å²) >= 11 is 0. The average molecular weight is 687 g/mol. The molecule has 0 aliphatic heterocycles. The van der Waals surface area contributed by atoms with Crippen molar-refractivity contribution in [2.24, 2.45) is 0 Å². The second kappa shape index (κ2) is 13.4. The van der Waals surface area contributed by atoms with E-state index >= 15 is 0 Å². The number of aromatic nitrogens is 2. The van der Waals surface area contributed by atoms with E-state index in [0.29, 0.717) is 5.82 Å². The summed E-state index contributed by atoms with van der Waals surface area (Å²) < 4.78 is 0. The summed E-state index contributed by atoms with van der Waals surface area (Å²) in [5.41, 5.74) is 12.0. The Bertz CT molecular complexity index is 2980. The van der Waals surface area contributed by atoms with Crippen LogP contribution in [0.5, 0.6) is 0 Å². The summed E-state index contributed by atoms with van der Waals surface area (Å²) in [7, 11) is 0. The molecule has 0 radical (unpaired) electrons. The van der Waals surface area contributed by atoms with Crippen LogP contribution in [0.3, 0.4) is 0 Å². The Morgan fingerprint density at radius 1 is 0.241 bits per heavy atom. The standard InChI is InChI=1S/C52H34N2/c1-3-12-35(13-4-1)39-19-9-20-44(31-39)50-34-51(48-23-11-18-38-24-25-42(33-49(38)48)36-14-5-2-6-15-36)54-52(53-50)45-29-27-40-30-43(28-26-41(40)32-45)47-22-10-17-37-16-7-8-21-46(37)47/h1-34H. The quantitative estimate of drug-likeness (QED) is 0.174. The molecule has 54 heavy (non-hydrogen) atoms. The lowest BCUT2D eigenvalue weighted by atomic mass is 9.95. The normalized spacial score (nSPS) is 11.3. The molecule has 9 aromatic carbocycles. The SMILES string of the molecule is c1ccc(-c2cccc(-c3cc(-c4cccc5ccc(-c6ccccc6)cc45)nc(-c4ccc5cc(-c6cccc7ccccc67)ccc5c4)n3)c2)cc1. The Morgan fingerprint density at radius 3 is 1.54 bits per heavy atom. The van der Waals surface area contributed by atoms with Gasteiger partial charge in [-0.15, -0.1) is 0 Å². The average Bonchev–Trinajstić information content (AvgIpc) is 3.26. The van der Waals surface area contributed by atoms with Crippen LogP contribution in [0.15, 0.2) is 206 Å². The topological polar surface area (TPSA) is 25.8 Å². The molecule has 0 aliphatic carbocycles. The van der Waals surface area contributed by atoms with E-state index in [9.17, 15) is 0 Å². The van der Waals surface area contributed by atoms with Crippen LogP contribution in [0.2, 0.25) is 0 Å². The van der Waals surface area contributed by atoms with Gasteiger partial charge in [0.05, 0.1) is 11.4 Å². The first-order valence-corrected chi connectivity index (χ1v) is 18.4. The number of benzene rings is 9. The molecule has 252 valence electrons. The molecule has 0 N–H and O–H groups in total. The highest BCUT2D eigenvalue weighted by atomic mass is 14.9.